The van der Waals surface area contributed by atoms with E-state index in [9.17, 15) is 19.2 Å². The number of hydrogen-bond donors (Lipinski definition) is 2. The second-order valence-electron chi connectivity index (χ2n) is 6.98. The molecule has 0 saturated carbocycles. The van der Waals surface area contributed by atoms with Crippen molar-refractivity contribution in [2.75, 3.05) is 4.90 Å². The Morgan fingerprint density at radius 2 is 1.71 bits per heavy atom. The maximum absolute atomic E-state index is 12.9. The van der Waals surface area contributed by atoms with Gasteiger partial charge in [0.15, 0.2) is 5.92 Å². The highest BCUT2D eigenvalue weighted by atomic mass is 16.2. The molecule has 0 bridgehead atoms. The molecule has 1 aliphatic heterocycles. The second kappa shape index (κ2) is 8.19. The van der Waals surface area contributed by atoms with Crippen LogP contribution in [0.1, 0.15) is 15.9 Å². The summed E-state index contributed by atoms with van der Waals surface area (Å²) in [6, 6.07) is 18.7. The summed E-state index contributed by atoms with van der Waals surface area (Å²) in [6.07, 6.45) is 1.03. The van der Waals surface area contributed by atoms with Crippen molar-refractivity contribution in [1.82, 2.24) is 10.7 Å². The van der Waals surface area contributed by atoms with Gasteiger partial charge in [0.25, 0.3) is 11.8 Å². The summed E-state index contributed by atoms with van der Waals surface area (Å²) in [6.45, 7) is 1.75. The molecule has 5 amide bonds. The largest absolute Gasteiger partial charge is 0.335 e. The van der Waals surface area contributed by atoms with Gasteiger partial charge in [0, 0.05) is 11.8 Å². The minimum atomic E-state index is -1.36. The Labute approximate surface area is 177 Å². The van der Waals surface area contributed by atoms with E-state index in [1.54, 1.807) is 43.3 Å². The van der Waals surface area contributed by atoms with Crippen molar-refractivity contribution >= 4 is 46.4 Å². The number of anilines is 1. The van der Waals surface area contributed by atoms with Crippen LogP contribution in [0.2, 0.25) is 0 Å². The molecule has 1 fully saturated rings. The van der Waals surface area contributed by atoms with Crippen LogP contribution in [0.15, 0.2) is 71.8 Å². The number of benzene rings is 3. The molecule has 8 heteroatoms. The predicted octanol–water partition coefficient (Wildman–Crippen LogP) is 2.76. The lowest BCUT2D eigenvalue weighted by molar-refractivity contribution is -0.131. The number of rotatable bonds is 4. The SMILES string of the molecule is Cc1ccccc1N1C(=O)NC(=O)[C@H](/C=N\NC(=O)c2cccc3ccccc23)C1=O. The van der Waals surface area contributed by atoms with Crippen molar-refractivity contribution < 1.29 is 19.2 Å². The van der Waals surface area contributed by atoms with Crippen LogP contribution in [-0.4, -0.2) is 30.0 Å². The Bertz CT molecular complexity index is 1250. The number of imide groups is 2. The number of para-hydroxylation sites is 1. The third-order valence-corrected chi connectivity index (χ3v) is 4.98. The number of amides is 5. The molecule has 3 aromatic rings. The zero-order valence-corrected chi connectivity index (χ0v) is 16.5. The third kappa shape index (κ3) is 3.78. The normalized spacial score (nSPS) is 16.6. The van der Waals surface area contributed by atoms with Crippen LogP contribution in [0.3, 0.4) is 0 Å². The molecule has 31 heavy (non-hydrogen) atoms. The predicted molar refractivity (Wildman–Crippen MR) is 116 cm³/mol. The molecule has 2 N–H and O–H groups in total. The summed E-state index contributed by atoms with van der Waals surface area (Å²) in [5.41, 5.74) is 3.83. The smallest absolute Gasteiger partial charge is 0.276 e. The Morgan fingerprint density at radius 1 is 1.00 bits per heavy atom. The molecule has 1 saturated heterocycles. The zero-order valence-electron chi connectivity index (χ0n) is 16.5. The Kier molecular flexibility index (Phi) is 5.28. The first-order valence-corrected chi connectivity index (χ1v) is 9.53. The van der Waals surface area contributed by atoms with Crippen molar-refractivity contribution in [3.05, 3.63) is 77.9 Å². The number of hydrazone groups is 1. The summed E-state index contributed by atoms with van der Waals surface area (Å²) in [5, 5.41) is 7.61. The van der Waals surface area contributed by atoms with Crippen LogP contribution in [0, 0.1) is 12.8 Å². The van der Waals surface area contributed by atoms with Crippen LogP contribution in [0.25, 0.3) is 10.8 Å². The van der Waals surface area contributed by atoms with Gasteiger partial charge < -0.3 is 0 Å². The lowest BCUT2D eigenvalue weighted by Crippen LogP contribution is -2.59. The topological polar surface area (TPSA) is 108 Å². The van der Waals surface area contributed by atoms with Crippen LogP contribution in [0.4, 0.5) is 10.5 Å². The van der Waals surface area contributed by atoms with Gasteiger partial charge in [-0.3, -0.25) is 19.7 Å². The molecule has 4 rings (SSSR count). The summed E-state index contributed by atoms with van der Waals surface area (Å²) >= 11 is 0. The van der Waals surface area contributed by atoms with Crippen LogP contribution < -0.4 is 15.6 Å². The van der Waals surface area contributed by atoms with Gasteiger partial charge in [-0.2, -0.15) is 5.10 Å². The highest BCUT2D eigenvalue weighted by Gasteiger charge is 2.41. The molecule has 154 valence electrons. The van der Waals surface area contributed by atoms with Crippen molar-refractivity contribution in [1.29, 1.82) is 0 Å². The average Bonchev–Trinajstić information content (AvgIpc) is 2.76. The summed E-state index contributed by atoms with van der Waals surface area (Å²) < 4.78 is 0. The van der Waals surface area contributed by atoms with Gasteiger partial charge >= 0.3 is 6.03 Å². The highest BCUT2D eigenvalue weighted by Crippen LogP contribution is 2.23. The first kappa shape index (κ1) is 20.0. The van der Waals surface area contributed by atoms with Gasteiger partial charge in [-0.15, -0.1) is 0 Å². The molecular formula is C23H18N4O4. The fraction of sp³-hybridized carbons (Fsp3) is 0.0870. The van der Waals surface area contributed by atoms with Gasteiger partial charge in [-0.05, 0) is 35.4 Å². The third-order valence-electron chi connectivity index (χ3n) is 4.98. The van der Waals surface area contributed by atoms with Gasteiger partial charge in [0.2, 0.25) is 5.91 Å². The number of fused-ring (bicyclic) bond motifs is 1. The number of aryl methyl sites for hydroxylation is 1. The minimum absolute atomic E-state index is 0.371. The summed E-state index contributed by atoms with van der Waals surface area (Å²) in [7, 11) is 0. The molecule has 1 heterocycles. The van der Waals surface area contributed by atoms with Gasteiger partial charge in [0.1, 0.15) is 0 Å². The van der Waals surface area contributed by atoms with E-state index >= 15 is 0 Å². The second-order valence-corrected chi connectivity index (χ2v) is 6.98. The van der Waals surface area contributed by atoms with E-state index in [1.165, 1.54) is 0 Å². The van der Waals surface area contributed by atoms with Crippen LogP contribution in [-0.2, 0) is 9.59 Å². The molecule has 3 aromatic carbocycles. The van der Waals surface area contributed by atoms with Crippen molar-refractivity contribution in [2.24, 2.45) is 11.0 Å². The van der Waals surface area contributed by atoms with Crippen molar-refractivity contribution in [3.63, 3.8) is 0 Å². The molecule has 0 unspecified atom stereocenters. The van der Waals surface area contributed by atoms with E-state index in [2.05, 4.69) is 15.8 Å². The first-order chi connectivity index (χ1) is 15.0. The molecule has 1 atom stereocenters. The lowest BCUT2D eigenvalue weighted by Gasteiger charge is -2.29. The van der Waals surface area contributed by atoms with Gasteiger partial charge in [-0.1, -0.05) is 54.6 Å². The van der Waals surface area contributed by atoms with E-state index < -0.39 is 29.7 Å². The zero-order chi connectivity index (χ0) is 22.0. The monoisotopic (exact) mass is 414 g/mol. The number of carbonyl (C=O) groups is 4. The molecule has 1 aliphatic rings. The number of nitrogens with zero attached hydrogens (tertiary/aromatic N) is 2. The molecule has 0 spiro atoms. The Morgan fingerprint density at radius 3 is 2.52 bits per heavy atom. The van der Waals surface area contributed by atoms with E-state index in [-0.39, 0.29) is 0 Å². The van der Waals surface area contributed by atoms with Gasteiger partial charge in [-0.25, -0.2) is 15.1 Å². The fourth-order valence-electron chi connectivity index (χ4n) is 3.42. The Hall–Kier alpha value is -4.33. The molecule has 8 nitrogen and oxygen atoms in total. The first-order valence-electron chi connectivity index (χ1n) is 9.53. The fourth-order valence-corrected chi connectivity index (χ4v) is 3.42. The maximum atomic E-state index is 12.9. The van der Waals surface area contributed by atoms with Crippen molar-refractivity contribution in [2.45, 2.75) is 6.92 Å². The van der Waals surface area contributed by atoms with E-state index in [4.69, 9.17) is 0 Å². The standard InChI is InChI=1S/C23H18N4O4/c1-14-7-2-5-12-19(14)27-22(30)18(20(28)25-23(27)31)13-24-26-21(29)17-11-6-9-15-8-3-4-10-16(15)17/h2-13,18H,1H3,(H,26,29)(H,25,28,31)/b24-13-/t18-/m0/s1. The van der Waals surface area contributed by atoms with E-state index in [1.807, 2.05) is 30.3 Å². The maximum Gasteiger partial charge on any atom is 0.335 e. The Balaban J connectivity index is 1.54. The summed E-state index contributed by atoms with van der Waals surface area (Å²) in [4.78, 5) is 50.8. The number of nitrogens with one attached hydrogen (secondary N) is 2. The van der Waals surface area contributed by atoms with Crippen LogP contribution >= 0.6 is 0 Å². The number of carbonyl (C=O) groups excluding carboxylic acids is 4. The minimum Gasteiger partial charge on any atom is -0.276 e. The van der Waals surface area contributed by atoms with E-state index in [0.717, 1.165) is 21.9 Å². The van der Waals surface area contributed by atoms with Crippen molar-refractivity contribution in [3.8, 4) is 0 Å². The summed E-state index contributed by atoms with van der Waals surface area (Å²) in [5.74, 6) is -3.39. The molecule has 0 radical (unpaired) electrons. The number of barbiturate groups is 1. The molecular weight excluding hydrogens is 396 g/mol. The van der Waals surface area contributed by atoms with Crippen LogP contribution in [0.5, 0.6) is 0 Å². The quantitative estimate of drug-likeness (QED) is 0.389. The highest BCUT2D eigenvalue weighted by molar-refractivity contribution is 6.32. The molecule has 0 aromatic heterocycles. The van der Waals surface area contributed by atoms with Gasteiger partial charge in [0.05, 0.1) is 5.69 Å². The molecule has 0 aliphatic carbocycles. The number of urea groups is 1. The number of hydrogen-bond acceptors (Lipinski definition) is 5. The average molecular weight is 414 g/mol. The van der Waals surface area contributed by atoms with E-state index in [0.29, 0.717) is 16.8 Å². The lowest BCUT2D eigenvalue weighted by atomic mass is 10.0.